The average molecular weight is 297 g/mol. The molecule has 0 bridgehead atoms. The van der Waals surface area contributed by atoms with Crippen molar-refractivity contribution in [3.8, 4) is 0 Å². The Morgan fingerprint density at radius 2 is 2.33 bits per heavy atom. The van der Waals surface area contributed by atoms with Gasteiger partial charge in [0.05, 0.1) is 10.5 Å². The lowest BCUT2D eigenvalue weighted by Crippen LogP contribution is -2.40. The van der Waals surface area contributed by atoms with E-state index in [1.807, 2.05) is 6.92 Å². The standard InChI is InChI=1S/C13H16FN3O4/c1-13(5-2-6-21-13)7-16-12(18)10-8(14)3-4-9(11(10)15)17(19)20/h3-4H,2,5-7,15H2,1H3,(H,16,18). The predicted octanol–water partition coefficient (Wildman–Crippen LogP) is 1.62. The zero-order chi connectivity index (χ0) is 15.6. The van der Waals surface area contributed by atoms with E-state index in [0.29, 0.717) is 6.61 Å². The summed E-state index contributed by atoms with van der Waals surface area (Å²) in [4.78, 5) is 22.1. The normalized spacial score (nSPS) is 21.2. The molecule has 0 aliphatic carbocycles. The van der Waals surface area contributed by atoms with E-state index < -0.39 is 39.2 Å². The van der Waals surface area contributed by atoms with E-state index in [1.54, 1.807) is 0 Å². The van der Waals surface area contributed by atoms with Gasteiger partial charge in [0.1, 0.15) is 17.1 Å². The van der Waals surface area contributed by atoms with Crippen molar-refractivity contribution >= 4 is 17.3 Å². The monoisotopic (exact) mass is 297 g/mol. The SMILES string of the molecule is CC1(CNC(=O)c2c(F)ccc([N+](=O)[O-])c2N)CCCO1. The molecular formula is C13H16FN3O4. The number of nitrogen functional groups attached to an aromatic ring is 1. The van der Waals surface area contributed by atoms with Crippen molar-refractivity contribution in [1.29, 1.82) is 0 Å². The van der Waals surface area contributed by atoms with Crippen LogP contribution in [0.4, 0.5) is 15.8 Å². The molecular weight excluding hydrogens is 281 g/mol. The van der Waals surface area contributed by atoms with Gasteiger partial charge in [-0.1, -0.05) is 0 Å². The van der Waals surface area contributed by atoms with Gasteiger partial charge in [-0.05, 0) is 25.8 Å². The van der Waals surface area contributed by atoms with Gasteiger partial charge in [-0.15, -0.1) is 0 Å². The van der Waals surface area contributed by atoms with Crippen LogP contribution in [0.5, 0.6) is 0 Å². The number of nitrogens with zero attached hydrogens (tertiary/aromatic N) is 1. The molecule has 0 radical (unpaired) electrons. The van der Waals surface area contributed by atoms with Gasteiger partial charge in [-0.2, -0.15) is 0 Å². The Morgan fingerprint density at radius 3 is 2.90 bits per heavy atom. The number of hydrogen-bond donors (Lipinski definition) is 2. The minimum Gasteiger partial charge on any atom is -0.392 e. The number of anilines is 1. The second-order valence-electron chi connectivity index (χ2n) is 5.20. The maximum absolute atomic E-state index is 13.7. The van der Waals surface area contributed by atoms with Gasteiger partial charge in [0.15, 0.2) is 0 Å². The molecule has 1 saturated heterocycles. The Kier molecular flexibility index (Phi) is 4.08. The Balaban J connectivity index is 2.19. The van der Waals surface area contributed by atoms with Gasteiger partial charge < -0.3 is 15.8 Å². The minimum atomic E-state index is -0.895. The minimum absolute atomic E-state index is 0.188. The molecule has 1 aliphatic heterocycles. The molecule has 21 heavy (non-hydrogen) atoms. The van der Waals surface area contributed by atoms with Gasteiger partial charge in [0, 0.05) is 19.2 Å². The van der Waals surface area contributed by atoms with Crippen LogP contribution >= 0.6 is 0 Å². The number of nitrogens with one attached hydrogen (secondary N) is 1. The summed E-state index contributed by atoms with van der Waals surface area (Å²) in [5.41, 5.74) is 3.55. The third-order valence-electron chi connectivity index (χ3n) is 3.52. The fraction of sp³-hybridized carbons (Fsp3) is 0.462. The molecule has 1 unspecified atom stereocenters. The number of nitro groups is 1. The summed E-state index contributed by atoms with van der Waals surface area (Å²) in [6, 6.07) is 1.79. The maximum atomic E-state index is 13.7. The molecule has 0 aromatic heterocycles. The lowest BCUT2D eigenvalue weighted by Gasteiger charge is -2.23. The Bertz CT molecular complexity index is 585. The summed E-state index contributed by atoms with van der Waals surface area (Å²) in [6.07, 6.45) is 1.67. The Hall–Kier alpha value is -2.22. The number of amides is 1. The molecule has 8 heteroatoms. The number of hydrogen-bond acceptors (Lipinski definition) is 5. The van der Waals surface area contributed by atoms with Crippen LogP contribution < -0.4 is 11.1 Å². The third-order valence-corrected chi connectivity index (χ3v) is 3.52. The largest absolute Gasteiger partial charge is 0.392 e. The first-order valence-corrected chi connectivity index (χ1v) is 6.48. The Labute approximate surface area is 120 Å². The highest BCUT2D eigenvalue weighted by Crippen LogP contribution is 2.28. The first kappa shape index (κ1) is 15.2. The molecule has 114 valence electrons. The van der Waals surface area contributed by atoms with E-state index in [9.17, 15) is 19.3 Å². The van der Waals surface area contributed by atoms with E-state index in [4.69, 9.17) is 10.5 Å². The molecule has 2 rings (SSSR count). The number of carbonyl (C=O) groups excluding carboxylic acids is 1. The van der Waals surface area contributed by atoms with Crippen LogP contribution in [-0.4, -0.2) is 29.6 Å². The molecule has 1 aliphatic rings. The second-order valence-corrected chi connectivity index (χ2v) is 5.20. The lowest BCUT2D eigenvalue weighted by molar-refractivity contribution is -0.384. The molecule has 1 aromatic rings. The molecule has 1 heterocycles. The van der Waals surface area contributed by atoms with Gasteiger partial charge in [-0.3, -0.25) is 14.9 Å². The zero-order valence-corrected chi connectivity index (χ0v) is 11.5. The third kappa shape index (κ3) is 3.10. The van der Waals surface area contributed by atoms with Gasteiger partial charge in [0.2, 0.25) is 0 Å². The number of benzene rings is 1. The number of nitrogens with two attached hydrogens (primary N) is 1. The molecule has 1 fully saturated rings. The summed E-state index contributed by atoms with van der Waals surface area (Å²) in [5.74, 6) is -1.68. The van der Waals surface area contributed by atoms with Crippen LogP contribution in [0.1, 0.15) is 30.1 Å². The van der Waals surface area contributed by atoms with Crippen LogP contribution in [-0.2, 0) is 4.74 Å². The first-order chi connectivity index (χ1) is 9.84. The maximum Gasteiger partial charge on any atom is 0.293 e. The van der Waals surface area contributed by atoms with Crippen LogP contribution in [0.15, 0.2) is 12.1 Å². The highest BCUT2D eigenvalue weighted by atomic mass is 19.1. The lowest BCUT2D eigenvalue weighted by atomic mass is 10.0. The fourth-order valence-corrected chi connectivity index (χ4v) is 2.30. The van der Waals surface area contributed by atoms with Gasteiger partial charge >= 0.3 is 0 Å². The van der Waals surface area contributed by atoms with Crippen LogP contribution in [0, 0.1) is 15.9 Å². The van der Waals surface area contributed by atoms with Crippen molar-refractivity contribution in [3.05, 3.63) is 33.6 Å². The molecule has 3 N–H and O–H groups in total. The molecule has 1 atom stereocenters. The molecule has 7 nitrogen and oxygen atoms in total. The van der Waals surface area contributed by atoms with Crippen molar-refractivity contribution in [2.45, 2.75) is 25.4 Å². The van der Waals surface area contributed by atoms with Crippen molar-refractivity contribution in [2.75, 3.05) is 18.9 Å². The summed E-state index contributed by atoms with van der Waals surface area (Å²) in [7, 11) is 0. The number of halogens is 1. The second kappa shape index (κ2) is 5.65. The van der Waals surface area contributed by atoms with Gasteiger partial charge in [0.25, 0.3) is 11.6 Å². The smallest absolute Gasteiger partial charge is 0.293 e. The van der Waals surface area contributed by atoms with Gasteiger partial charge in [-0.25, -0.2) is 4.39 Å². The van der Waals surface area contributed by atoms with Crippen molar-refractivity contribution in [1.82, 2.24) is 5.32 Å². The van der Waals surface area contributed by atoms with E-state index in [-0.39, 0.29) is 6.54 Å². The molecule has 1 aromatic carbocycles. The summed E-state index contributed by atoms with van der Waals surface area (Å²) < 4.78 is 19.2. The van der Waals surface area contributed by atoms with Crippen molar-refractivity contribution in [3.63, 3.8) is 0 Å². The first-order valence-electron chi connectivity index (χ1n) is 6.48. The molecule has 0 saturated carbocycles. The molecule has 0 spiro atoms. The summed E-state index contributed by atoms with van der Waals surface area (Å²) >= 11 is 0. The van der Waals surface area contributed by atoms with E-state index in [1.165, 1.54) is 0 Å². The molecule has 1 amide bonds. The van der Waals surface area contributed by atoms with Crippen LogP contribution in [0.3, 0.4) is 0 Å². The number of ether oxygens (including phenoxy) is 1. The quantitative estimate of drug-likeness (QED) is 0.499. The highest BCUT2D eigenvalue weighted by molar-refractivity contribution is 6.01. The van der Waals surface area contributed by atoms with Crippen LogP contribution in [0.2, 0.25) is 0 Å². The summed E-state index contributed by atoms with van der Waals surface area (Å²) in [5, 5.41) is 13.3. The Morgan fingerprint density at radius 1 is 1.62 bits per heavy atom. The fourth-order valence-electron chi connectivity index (χ4n) is 2.30. The average Bonchev–Trinajstić information content (AvgIpc) is 2.83. The zero-order valence-electron chi connectivity index (χ0n) is 11.5. The predicted molar refractivity (Wildman–Crippen MR) is 73.4 cm³/mol. The van der Waals surface area contributed by atoms with E-state index >= 15 is 0 Å². The highest BCUT2D eigenvalue weighted by Gasteiger charge is 2.31. The van der Waals surface area contributed by atoms with Crippen LogP contribution in [0.25, 0.3) is 0 Å². The van der Waals surface area contributed by atoms with Crippen molar-refractivity contribution < 1.29 is 18.8 Å². The number of rotatable bonds is 4. The van der Waals surface area contributed by atoms with E-state index in [0.717, 1.165) is 25.0 Å². The topological polar surface area (TPSA) is 107 Å². The number of carbonyl (C=O) groups is 1. The number of nitro benzene ring substituents is 1. The van der Waals surface area contributed by atoms with Crippen molar-refractivity contribution in [2.24, 2.45) is 0 Å². The van der Waals surface area contributed by atoms with E-state index in [2.05, 4.69) is 5.32 Å². The summed E-state index contributed by atoms with van der Waals surface area (Å²) in [6.45, 7) is 2.64.